The summed E-state index contributed by atoms with van der Waals surface area (Å²) in [6.07, 6.45) is 5.30. The Balaban J connectivity index is 0.00000144. The van der Waals surface area contributed by atoms with Gasteiger partial charge in [-0.15, -0.1) is 12.4 Å². The van der Waals surface area contributed by atoms with E-state index in [4.69, 9.17) is 4.74 Å². The third kappa shape index (κ3) is 3.89. The summed E-state index contributed by atoms with van der Waals surface area (Å²) in [6, 6.07) is 11.4. The summed E-state index contributed by atoms with van der Waals surface area (Å²) in [4.78, 5) is 8.29. The molecule has 0 aliphatic rings. The average Bonchev–Trinajstić information content (AvgIpc) is 2.38. The molecule has 0 aliphatic carbocycles. The molecule has 1 aromatic carbocycles. The number of aromatic nitrogens is 1. The lowest BCUT2D eigenvalue weighted by Gasteiger charge is -1.98. The molecule has 88 valence electrons. The molecule has 0 atom stereocenters. The predicted molar refractivity (Wildman–Crippen MR) is 71.7 cm³/mol. The van der Waals surface area contributed by atoms with Gasteiger partial charge in [0, 0.05) is 18.6 Å². The van der Waals surface area contributed by atoms with Crippen molar-refractivity contribution in [1.82, 2.24) is 4.98 Å². The molecule has 0 aliphatic heterocycles. The molecule has 17 heavy (non-hydrogen) atoms. The Kier molecular flexibility index (Phi) is 5.17. The van der Waals surface area contributed by atoms with Crippen LogP contribution >= 0.6 is 12.4 Å². The van der Waals surface area contributed by atoms with Crippen LogP contribution in [0.2, 0.25) is 0 Å². The Hall–Kier alpha value is -1.87. The first-order chi connectivity index (χ1) is 7.88. The van der Waals surface area contributed by atoms with Crippen molar-refractivity contribution >= 4 is 24.3 Å². The Morgan fingerprint density at radius 3 is 2.29 bits per heavy atom. The number of hydrogen-bond donors (Lipinski definition) is 0. The zero-order valence-corrected chi connectivity index (χ0v) is 10.2. The van der Waals surface area contributed by atoms with Crippen LogP contribution < -0.4 is 4.74 Å². The second-order valence-corrected chi connectivity index (χ2v) is 3.24. The minimum Gasteiger partial charge on any atom is -0.497 e. The van der Waals surface area contributed by atoms with Gasteiger partial charge in [-0.2, -0.15) is 0 Å². The molecule has 0 spiro atoms. The van der Waals surface area contributed by atoms with Crippen molar-refractivity contribution in [2.24, 2.45) is 4.99 Å². The van der Waals surface area contributed by atoms with Gasteiger partial charge in [0.2, 0.25) is 0 Å². The Labute approximate surface area is 107 Å². The molecule has 1 aromatic heterocycles. The number of methoxy groups -OCH3 is 1. The van der Waals surface area contributed by atoms with Crippen LogP contribution in [-0.2, 0) is 0 Å². The lowest BCUT2D eigenvalue weighted by Crippen LogP contribution is -1.81. The van der Waals surface area contributed by atoms with Gasteiger partial charge in [-0.05, 0) is 42.0 Å². The standard InChI is InChI=1S/C13H12N2O.ClH/c1-16-13-4-2-12(3-5-13)15-10-11-6-8-14-9-7-11;/h2-10H,1H3;1H. The van der Waals surface area contributed by atoms with Crippen LogP contribution in [0.4, 0.5) is 5.69 Å². The summed E-state index contributed by atoms with van der Waals surface area (Å²) in [5.41, 5.74) is 1.93. The number of hydrogen-bond acceptors (Lipinski definition) is 3. The summed E-state index contributed by atoms with van der Waals surface area (Å²) in [5, 5.41) is 0. The molecule has 0 amide bonds. The van der Waals surface area contributed by atoms with E-state index >= 15 is 0 Å². The molecule has 1 heterocycles. The van der Waals surface area contributed by atoms with E-state index in [-0.39, 0.29) is 12.4 Å². The van der Waals surface area contributed by atoms with Crippen LogP contribution in [0.5, 0.6) is 5.75 Å². The normalized spacial score (nSPS) is 9.94. The van der Waals surface area contributed by atoms with E-state index in [0.717, 1.165) is 17.0 Å². The van der Waals surface area contributed by atoms with Gasteiger partial charge in [0.25, 0.3) is 0 Å². The van der Waals surface area contributed by atoms with Gasteiger partial charge in [-0.1, -0.05) is 0 Å². The fourth-order valence-corrected chi connectivity index (χ4v) is 1.27. The largest absolute Gasteiger partial charge is 0.497 e. The number of pyridine rings is 1. The predicted octanol–water partition coefficient (Wildman–Crippen LogP) is 3.26. The van der Waals surface area contributed by atoms with Crippen molar-refractivity contribution in [3.63, 3.8) is 0 Å². The minimum absolute atomic E-state index is 0. The molecule has 0 unspecified atom stereocenters. The zero-order valence-electron chi connectivity index (χ0n) is 9.41. The fourth-order valence-electron chi connectivity index (χ4n) is 1.27. The van der Waals surface area contributed by atoms with Crippen molar-refractivity contribution in [3.8, 4) is 5.75 Å². The van der Waals surface area contributed by atoms with Crippen LogP contribution in [0.25, 0.3) is 0 Å². The molecule has 2 aromatic rings. The van der Waals surface area contributed by atoms with Gasteiger partial charge in [0.1, 0.15) is 5.75 Å². The van der Waals surface area contributed by atoms with Crippen molar-refractivity contribution in [3.05, 3.63) is 54.4 Å². The summed E-state index contributed by atoms with van der Waals surface area (Å²) < 4.78 is 5.07. The Morgan fingerprint density at radius 2 is 1.71 bits per heavy atom. The average molecular weight is 249 g/mol. The highest BCUT2D eigenvalue weighted by atomic mass is 35.5. The lowest BCUT2D eigenvalue weighted by molar-refractivity contribution is 0.415. The van der Waals surface area contributed by atoms with E-state index in [9.17, 15) is 0 Å². The third-order valence-electron chi connectivity index (χ3n) is 2.14. The van der Waals surface area contributed by atoms with Crippen LogP contribution in [0.1, 0.15) is 5.56 Å². The summed E-state index contributed by atoms with van der Waals surface area (Å²) in [7, 11) is 1.65. The minimum atomic E-state index is 0. The molecule has 4 heteroatoms. The maximum Gasteiger partial charge on any atom is 0.119 e. The van der Waals surface area contributed by atoms with E-state index in [1.165, 1.54) is 0 Å². The molecular weight excluding hydrogens is 236 g/mol. The topological polar surface area (TPSA) is 34.5 Å². The third-order valence-corrected chi connectivity index (χ3v) is 2.14. The van der Waals surface area contributed by atoms with Gasteiger partial charge >= 0.3 is 0 Å². The fraction of sp³-hybridized carbons (Fsp3) is 0.0769. The molecule has 0 N–H and O–H groups in total. The molecular formula is C13H13ClN2O. The van der Waals surface area contributed by atoms with E-state index < -0.39 is 0 Å². The number of aliphatic imine (C=N–C) groups is 1. The van der Waals surface area contributed by atoms with Crippen molar-refractivity contribution in [2.75, 3.05) is 7.11 Å². The van der Waals surface area contributed by atoms with Gasteiger partial charge in [-0.25, -0.2) is 0 Å². The highest BCUT2D eigenvalue weighted by molar-refractivity contribution is 5.85. The highest BCUT2D eigenvalue weighted by Gasteiger charge is 1.91. The van der Waals surface area contributed by atoms with E-state index in [1.807, 2.05) is 42.6 Å². The molecule has 3 nitrogen and oxygen atoms in total. The number of halogens is 1. The molecule has 0 bridgehead atoms. The lowest BCUT2D eigenvalue weighted by atomic mass is 10.3. The molecule has 0 fully saturated rings. The zero-order chi connectivity index (χ0) is 11.2. The van der Waals surface area contributed by atoms with Crippen molar-refractivity contribution < 1.29 is 4.74 Å². The summed E-state index contributed by atoms with van der Waals surface area (Å²) in [6.45, 7) is 0. The molecule has 0 saturated heterocycles. The van der Waals surface area contributed by atoms with Crippen LogP contribution in [0, 0.1) is 0 Å². The maximum absolute atomic E-state index is 5.07. The quantitative estimate of drug-likeness (QED) is 0.782. The Morgan fingerprint density at radius 1 is 1.06 bits per heavy atom. The van der Waals surface area contributed by atoms with E-state index in [0.29, 0.717) is 0 Å². The number of ether oxygens (including phenoxy) is 1. The van der Waals surface area contributed by atoms with E-state index in [1.54, 1.807) is 19.5 Å². The second-order valence-electron chi connectivity index (χ2n) is 3.24. The monoisotopic (exact) mass is 248 g/mol. The first-order valence-electron chi connectivity index (χ1n) is 4.96. The van der Waals surface area contributed by atoms with Gasteiger partial charge < -0.3 is 4.74 Å². The number of benzene rings is 1. The van der Waals surface area contributed by atoms with Gasteiger partial charge in [-0.3, -0.25) is 9.98 Å². The van der Waals surface area contributed by atoms with E-state index in [2.05, 4.69) is 9.98 Å². The maximum atomic E-state index is 5.07. The molecule has 0 saturated carbocycles. The van der Waals surface area contributed by atoms with Crippen molar-refractivity contribution in [2.45, 2.75) is 0 Å². The number of rotatable bonds is 3. The molecule has 0 radical (unpaired) electrons. The summed E-state index contributed by atoms with van der Waals surface area (Å²) >= 11 is 0. The number of nitrogens with zero attached hydrogens (tertiary/aromatic N) is 2. The Bertz CT molecular complexity index is 469. The SMILES string of the molecule is COc1ccc(N=Cc2ccncc2)cc1.Cl. The van der Waals surface area contributed by atoms with Crippen LogP contribution in [0.15, 0.2) is 53.8 Å². The first-order valence-corrected chi connectivity index (χ1v) is 4.96. The van der Waals surface area contributed by atoms with Gasteiger partial charge in [0.05, 0.1) is 12.8 Å². The second kappa shape index (κ2) is 6.66. The first kappa shape index (κ1) is 13.2. The molecule has 2 rings (SSSR count). The van der Waals surface area contributed by atoms with Crippen LogP contribution in [0.3, 0.4) is 0 Å². The van der Waals surface area contributed by atoms with Gasteiger partial charge in [0.15, 0.2) is 0 Å². The smallest absolute Gasteiger partial charge is 0.119 e. The van der Waals surface area contributed by atoms with Crippen LogP contribution in [-0.4, -0.2) is 18.3 Å². The van der Waals surface area contributed by atoms with Crippen molar-refractivity contribution in [1.29, 1.82) is 0 Å². The summed E-state index contributed by atoms with van der Waals surface area (Å²) in [5.74, 6) is 0.836. The highest BCUT2D eigenvalue weighted by Crippen LogP contribution is 2.17.